The summed E-state index contributed by atoms with van der Waals surface area (Å²) in [5.74, 6) is 0.877. The van der Waals surface area contributed by atoms with Crippen molar-refractivity contribution in [2.75, 3.05) is 32.4 Å². The van der Waals surface area contributed by atoms with Crippen LogP contribution in [0.3, 0.4) is 0 Å². The number of nitrogens with zero attached hydrogens (tertiary/aromatic N) is 5. The zero-order chi connectivity index (χ0) is 21.1. The van der Waals surface area contributed by atoms with Crippen LogP contribution in [0.1, 0.15) is 37.3 Å². The minimum atomic E-state index is -3.18. The van der Waals surface area contributed by atoms with Gasteiger partial charge in [-0.1, -0.05) is 0 Å². The van der Waals surface area contributed by atoms with Gasteiger partial charge in [-0.25, -0.2) is 22.7 Å². The summed E-state index contributed by atoms with van der Waals surface area (Å²) in [5, 5.41) is 0. The van der Waals surface area contributed by atoms with Gasteiger partial charge in [0.2, 0.25) is 15.9 Å². The van der Waals surface area contributed by atoms with Gasteiger partial charge in [-0.05, 0) is 43.9 Å². The second-order valence-corrected chi connectivity index (χ2v) is 10.1. The van der Waals surface area contributed by atoms with Gasteiger partial charge in [0.15, 0.2) is 5.82 Å². The molecule has 1 unspecified atom stereocenters. The maximum Gasteiger partial charge on any atom is 0.225 e. The highest BCUT2D eigenvalue weighted by molar-refractivity contribution is 7.88. The van der Waals surface area contributed by atoms with Crippen LogP contribution in [-0.2, 0) is 14.8 Å². The number of piperidine rings is 2. The van der Waals surface area contributed by atoms with E-state index in [-0.39, 0.29) is 17.7 Å². The van der Waals surface area contributed by atoms with Gasteiger partial charge in [0.05, 0.1) is 6.26 Å². The van der Waals surface area contributed by atoms with E-state index >= 15 is 0 Å². The summed E-state index contributed by atoms with van der Waals surface area (Å²) < 4.78 is 24.9. The molecule has 4 rings (SSSR count). The van der Waals surface area contributed by atoms with Crippen molar-refractivity contribution in [3.63, 3.8) is 0 Å². The molecule has 0 aromatic carbocycles. The lowest BCUT2D eigenvalue weighted by Crippen LogP contribution is -2.46. The van der Waals surface area contributed by atoms with E-state index in [1.165, 1.54) is 10.6 Å². The summed E-state index contributed by atoms with van der Waals surface area (Å²) in [7, 11) is -3.18. The van der Waals surface area contributed by atoms with Gasteiger partial charge in [0.25, 0.3) is 0 Å². The predicted molar refractivity (Wildman–Crippen MR) is 113 cm³/mol. The Labute approximate surface area is 177 Å². The molecule has 2 saturated heterocycles. The second kappa shape index (κ2) is 8.77. The van der Waals surface area contributed by atoms with Crippen molar-refractivity contribution in [1.82, 2.24) is 24.2 Å². The third-order valence-electron chi connectivity index (χ3n) is 6.02. The summed E-state index contributed by atoms with van der Waals surface area (Å²) in [6.07, 6.45) is 9.57. The maximum atomic E-state index is 13.1. The second-order valence-electron chi connectivity index (χ2n) is 8.11. The summed E-state index contributed by atoms with van der Waals surface area (Å²) in [4.78, 5) is 28.3. The Morgan fingerprint density at radius 2 is 1.90 bits per heavy atom. The average molecular weight is 430 g/mol. The van der Waals surface area contributed by atoms with Crippen molar-refractivity contribution < 1.29 is 13.2 Å². The first-order valence-electron chi connectivity index (χ1n) is 10.4. The molecular formula is C21H27N5O3S. The first kappa shape index (κ1) is 20.9. The molecule has 1 amide bonds. The van der Waals surface area contributed by atoms with Crippen molar-refractivity contribution in [2.45, 2.75) is 31.6 Å². The van der Waals surface area contributed by atoms with E-state index in [1.807, 2.05) is 23.1 Å². The number of carbonyl (C=O) groups is 1. The highest BCUT2D eigenvalue weighted by Gasteiger charge is 2.34. The van der Waals surface area contributed by atoms with E-state index in [1.54, 1.807) is 18.6 Å². The van der Waals surface area contributed by atoms with Gasteiger partial charge in [0, 0.05) is 67.9 Å². The summed E-state index contributed by atoms with van der Waals surface area (Å²) in [6, 6.07) is 5.73. The van der Waals surface area contributed by atoms with Crippen LogP contribution in [0.4, 0.5) is 0 Å². The van der Waals surface area contributed by atoms with Gasteiger partial charge >= 0.3 is 0 Å². The molecule has 30 heavy (non-hydrogen) atoms. The number of rotatable bonds is 4. The Morgan fingerprint density at radius 1 is 1.10 bits per heavy atom. The van der Waals surface area contributed by atoms with Crippen molar-refractivity contribution in [1.29, 1.82) is 0 Å². The van der Waals surface area contributed by atoms with Crippen LogP contribution in [0.15, 0.2) is 36.8 Å². The Hall–Kier alpha value is -2.39. The van der Waals surface area contributed by atoms with E-state index in [0.717, 1.165) is 30.6 Å². The Morgan fingerprint density at radius 3 is 2.60 bits per heavy atom. The fourth-order valence-corrected chi connectivity index (χ4v) is 5.22. The van der Waals surface area contributed by atoms with Gasteiger partial charge in [0.1, 0.15) is 0 Å². The molecule has 0 spiro atoms. The van der Waals surface area contributed by atoms with Crippen LogP contribution < -0.4 is 0 Å². The molecule has 2 aromatic rings. The Kier molecular flexibility index (Phi) is 6.10. The quantitative estimate of drug-likeness (QED) is 0.737. The fourth-order valence-electron chi connectivity index (χ4n) is 4.35. The summed E-state index contributed by atoms with van der Waals surface area (Å²) >= 11 is 0. The average Bonchev–Trinajstić information content (AvgIpc) is 2.79. The zero-order valence-corrected chi connectivity index (χ0v) is 18.0. The van der Waals surface area contributed by atoms with Gasteiger partial charge in [-0.3, -0.25) is 9.78 Å². The minimum absolute atomic E-state index is 0.0990. The lowest BCUT2D eigenvalue weighted by molar-refractivity contribution is -0.138. The molecule has 9 heteroatoms. The molecule has 0 saturated carbocycles. The number of hydrogen-bond acceptors (Lipinski definition) is 6. The SMILES string of the molecule is CS(=O)(=O)N1CCC(C(=O)N2CCCC(c3ccnc(-c4cccnc4)n3)C2)CC1. The van der Waals surface area contributed by atoms with E-state index < -0.39 is 10.0 Å². The van der Waals surface area contributed by atoms with Crippen molar-refractivity contribution in [2.24, 2.45) is 5.92 Å². The van der Waals surface area contributed by atoms with E-state index in [9.17, 15) is 13.2 Å². The van der Waals surface area contributed by atoms with Gasteiger partial charge in [-0.15, -0.1) is 0 Å². The number of pyridine rings is 1. The molecule has 0 radical (unpaired) electrons. The van der Waals surface area contributed by atoms with Crippen LogP contribution in [0.2, 0.25) is 0 Å². The van der Waals surface area contributed by atoms with Crippen LogP contribution >= 0.6 is 0 Å². The summed E-state index contributed by atoms with van der Waals surface area (Å²) in [5.41, 5.74) is 1.83. The molecule has 2 aliphatic heterocycles. The van der Waals surface area contributed by atoms with Crippen LogP contribution in [0, 0.1) is 5.92 Å². The number of aromatic nitrogens is 3. The highest BCUT2D eigenvalue weighted by Crippen LogP contribution is 2.29. The molecule has 4 heterocycles. The van der Waals surface area contributed by atoms with Gasteiger partial charge < -0.3 is 4.90 Å². The van der Waals surface area contributed by atoms with Crippen molar-refractivity contribution >= 4 is 15.9 Å². The highest BCUT2D eigenvalue weighted by atomic mass is 32.2. The number of sulfonamides is 1. The number of carbonyl (C=O) groups excluding carboxylic acids is 1. The predicted octanol–water partition coefficient (Wildman–Crippen LogP) is 1.92. The van der Waals surface area contributed by atoms with Gasteiger partial charge in [-0.2, -0.15) is 0 Å². The van der Waals surface area contributed by atoms with E-state index in [4.69, 9.17) is 4.98 Å². The fraction of sp³-hybridized carbons (Fsp3) is 0.524. The first-order valence-corrected chi connectivity index (χ1v) is 12.2. The van der Waals surface area contributed by atoms with Crippen LogP contribution in [0.25, 0.3) is 11.4 Å². The van der Waals surface area contributed by atoms with E-state index in [0.29, 0.717) is 38.3 Å². The molecule has 2 aliphatic rings. The lowest BCUT2D eigenvalue weighted by atomic mass is 9.91. The third kappa shape index (κ3) is 4.67. The molecule has 8 nitrogen and oxygen atoms in total. The molecule has 2 fully saturated rings. The smallest absolute Gasteiger partial charge is 0.225 e. The Bertz CT molecular complexity index is 991. The molecule has 0 N–H and O–H groups in total. The molecule has 1 atom stereocenters. The summed E-state index contributed by atoms with van der Waals surface area (Å²) in [6.45, 7) is 2.25. The molecule has 160 valence electrons. The van der Waals surface area contributed by atoms with E-state index in [2.05, 4.69) is 9.97 Å². The Balaban J connectivity index is 1.42. The third-order valence-corrected chi connectivity index (χ3v) is 7.32. The lowest BCUT2D eigenvalue weighted by Gasteiger charge is -2.37. The monoisotopic (exact) mass is 429 g/mol. The first-order chi connectivity index (χ1) is 14.4. The van der Waals surface area contributed by atoms with Crippen LogP contribution in [0.5, 0.6) is 0 Å². The standard InChI is InChI=1S/C21H27N5O3S/c1-30(28,29)26-12-7-16(8-13-26)21(27)25-11-3-5-18(15-25)19-6-10-23-20(24-19)17-4-2-9-22-14-17/h2,4,6,9-10,14,16,18H,3,5,7-8,11-13,15H2,1H3. The number of likely N-dealkylation sites (tertiary alicyclic amines) is 1. The van der Waals surface area contributed by atoms with Crippen LogP contribution in [-0.4, -0.2) is 70.9 Å². The molecule has 0 aliphatic carbocycles. The zero-order valence-electron chi connectivity index (χ0n) is 17.1. The van der Waals surface area contributed by atoms with Crippen molar-refractivity contribution in [3.8, 4) is 11.4 Å². The molecular weight excluding hydrogens is 402 g/mol. The minimum Gasteiger partial charge on any atom is -0.342 e. The largest absolute Gasteiger partial charge is 0.342 e. The topological polar surface area (TPSA) is 96.4 Å². The molecule has 2 aromatic heterocycles. The number of amides is 1. The van der Waals surface area contributed by atoms with Crippen molar-refractivity contribution in [3.05, 3.63) is 42.5 Å². The number of hydrogen-bond donors (Lipinski definition) is 0. The maximum absolute atomic E-state index is 13.1. The molecule has 0 bridgehead atoms. The normalized spacial score (nSPS) is 21.5.